The molecule has 10 heteroatoms. The van der Waals surface area contributed by atoms with E-state index in [4.69, 9.17) is 9.72 Å². The highest BCUT2D eigenvalue weighted by Crippen LogP contribution is 2.29. The van der Waals surface area contributed by atoms with E-state index in [-0.39, 0.29) is 25.3 Å². The van der Waals surface area contributed by atoms with Crippen molar-refractivity contribution in [2.24, 2.45) is 0 Å². The van der Waals surface area contributed by atoms with Crippen LogP contribution in [-0.4, -0.2) is 49.2 Å². The monoisotopic (exact) mass is 471 g/mol. The first-order valence-corrected chi connectivity index (χ1v) is 11.5. The van der Waals surface area contributed by atoms with E-state index >= 15 is 0 Å². The van der Waals surface area contributed by atoms with Crippen LogP contribution in [0.3, 0.4) is 0 Å². The molecular weight excluding hydrogens is 446 g/mol. The quantitative estimate of drug-likeness (QED) is 0.364. The Morgan fingerprint density at radius 3 is 2.91 bits per heavy atom. The number of pyridine rings is 1. The van der Waals surface area contributed by atoms with Gasteiger partial charge in [-0.1, -0.05) is 12.1 Å². The number of allylic oxidation sites excluding steroid dienone is 1. The Balaban J connectivity index is 1.44. The Morgan fingerprint density at radius 1 is 1.23 bits per heavy atom. The van der Waals surface area contributed by atoms with Gasteiger partial charge in [0.15, 0.2) is 11.2 Å². The smallest absolute Gasteiger partial charge is 0.278 e. The molecule has 178 valence electrons. The third-order valence-corrected chi connectivity index (χ3v) is 6.47. The summed E-state index contributed by atoms with van der Waals surface area (Å²) in [7, 11) is 0. The molecule has 35 heavy (non-hydrogen) atoms. The van der Waals surface area contributed by atoms with Crippen LogP contribution in [-0.2, 0) is 29.8 Å². The van der Waals surface area contributed by atoms with Crippen molar-refractivity contribution in [3.05, 3.63) is 82.6 Å². The van der Waals surface area contributed by atoms with Gasteiger partial charge < -0.3 is 20.5 Å². The molecule has 2 aliphatic rings. The van der Waals surface area contributed by atoms with Gasteiger partial charge in [0.25, 0.3) is 5.56 Å². The molecule has 0 amide bonds. The number of benzene rings is 1. The molecular formula is C25H25N7O3. The van der Waals surface area contributed by atoms with Gasteiger partial charge in [0.1, 0.15) is 5.39 Å². The zero-order valence-electron chi connectivity index (χ0n) is 19.1. The molecule has 10 nitrogen and oxygen atoms in total. The van der Waals surface area contributed by atoms with Gasteiger partial charge in [-0.05, 0) is 48.4 Å². The fourth-order valence-corrected chi connectivity index (χ4v) is 4.57. The average Bonchev–Trinajstić information content (AvgIpc) is 3.13. The van der Waals surface area contributed by atoms with Gasteiger partial charge in [0.2, 0.25) is 5.95 Å². The second-order valence-electron chi connectivity index (χ2n) is 8.88. The Bertz CT molecular complexity index is 1500. The van der Waals surface area contributed by atoms with Gasteiger partial charge in [-0.3, -0.25) is 9.78 Å². The first kappa shape index (κ1) is 21.7. The first-order chi connectivity index (χ1) is 17.1. The zero-order valence-corrected chi connectivity index (χ0v) is 19.1. The highest BCUT2D eigenvalue weighted by Gasteiger charge is 2.39. The lowest BCUT2D eigenvalue weighted by Crippen LogP contribution is -2.47. The Morgan fingerprint density at radius 2 is 2.11 bits per heavy atom. The van der Waals surface area contributed by atoms with Crippen molar-refractivity contribution in [1.82, 2.24) is 29.6 Å². The minimum Gasteiger partial charge on any atom is -0.379 e. The predicted molar refractivity (Wildman–Crippen MR) is 131 cm³/mol. The molecule has 0 aliphatic carbocycles. The van der Waals surface area contributed by atoms with Crippen LogP contribution >= 0.6 is 0 Å². The van der Waals surface area contributed by atoms with Crippen molar-refractivity contribution >= 4 is 22.7 Å². The minimum atomic E-state index is -1.13. The van der Waals surface area contributed by atoms with Crippen LogP contribution in [0.25, 0.3) is 16.7 Å². The van der Waals surface area contributed by atoms with E-state index in [1.54, 1.807) is 40.0 Å². The van der Waals surface area contributed by atoms with Gasteiger partial charge in [-0.25, -0.2) is 14.3 Å². The van der Waals surface area contributed by atoms with Gasteiger partial charge >= 0.3 is 0 Å². The van der Waals surface area contributed by atoms with E-state index < -0.39 is 5.60 Å². The Hall–Kier alpha value is -3.86. The van der Waals surface area contributed by atoms with Crippen LogP contribution in [0.4, 0.5) is 11.6 Å². The summed E-state index contributed by atoms with van der Waals surface area (Å²) < 4.78 is 8.45. The number of hydrogen-bond donors (Lipinski definition) is 3. The number of fused-ring (bicyclic) bond motifs is 2. The largest absolute Gasteiger partial charge is 0.379 e. The van der Waals surface area contributed by atoms with Crippen LogP contribution in [0.5, 0.6) is 0 Å². The lowest BCUT2D eigenvalue weighted by Gasteiger charge is -2.35. The van der Waals surface area contributed by atoms with Crippen LogP contribution < -0.4 is 16.2 Å². The topological polar surface area (TPSA) is 119 Å². The fraction of sp³-hybridized carbons (Fsp3) is 0.280. The summed E-state index contributed by atoms with van der Waals surface area (Å²) in [6.07, 6.45) is 5.77. The number of aliphatic hydroxyl groups is 1. The minimum absolute atomic E-state index is 0.183. The number of rotatable bonds is 6. The molecule has 3 N–H and O–H groups in total. The third-order valence-electron chi connectivity index (χ3n) is 6.47. The molecule has 6 rings (SSSR count). The van der Waals surface area contributed by atoms with Gasteiger partial charge in [0, 0.05) is 24.6 Å². The summed E-state index contributed by atoms with van der Waals surface area (Å²) in [6.45, 7) is 6.27. The lowest BCUT2D eigenvalue weighted by molar-refractivity contribution is -0.186. The molecule has 1 fully saturated rings. The van der Waals surface area contributed by atoms with Gasteiger partial charge in [-0.2, -0.15) is 4.98 Å². The second kappa shape index (κ2) is 8.42. The molecule has 0 spiro atoms. The summed E-state index contributed by atoms with van der Waals surface area (Å²) in [4.78, 5) is 26.6. The number of aromatic nitrogens is 5. The number of nitrogens with zero attached hydrogens (tertiary/aromatic N) is 5. The molecule has 5 heterocycles. The molecule has 0 radical (unpaired) electrons. The third kappa shape index (κ3) is 3.72. The molecule has 1 aromatic carbocycles. The van der Waals surface area contributed by atoms with Crippen molar-refractivity contribution in [2.75, 3.05) is 25.1 Å². The van der Waals surface area contributed by atoms with E-state index in [1.807, 2.05) is 6.07 Å². The maximum atomic E-state index is 13.2. The molecule has 0 bridgehead atoms. The zero-order chi connectivity index (χ0) is 24.0. The average molecular weight is 472 g/mol. The van der Waals surface area contributed by atoms with E-state index in [1.165, 1.54) is 11.1 Å². The molecule has 0 saturated carbocycles. The standard InChI is InChI=1S/C25H25N7O3/c1-2-9-31-23(33)20-13-28-24(29-18-4-3-17-12-26-7-5-16(17)10-18)30-22(20)32(31)19-6-8-27-21(11-19)25(34)14-35-15-25/h2-4,6,8,10-11,13,26,34H,1,5,7,9,12,14-15H2,(H,28,29,30). The maximum Gasteiger partial charge on any atom is 0.278 e. The van der Waals surface area contributed by atoms with E-state index in [0.717, 1.165) is 25.2 Å². The fourth-order valence-electron chi connectivity index (χ4n) is 4.57. The number of nitrogens with one attached hydrogen (secondary N) is 2. The van der Waals surface area contributed by atoms with Crippen LogP contribution in [0, 0.1) is 0 Å². The van der Waals surface area contributed by atoms with Crippen molar-refractivity contribution in [3.63, 3.8) is 0 Å². The van der Waals surface area contributed by atoms with Crippen molar-refractivity contribution < 1.29 is 9.84 Å². The highest BCUT2D eigenvalue weighted by molar-refractivity contribution is 5.77. The maximum absolute atomic E-state index is 13.2. The van der Waals surface area contributed by atoms with E-state index in [0.29, 0.717) is 28.4 Å². The Kier molecular flexibility index (Phi) is 5.21. The van der Waals surface area contributed by atoms with Crippen molar-refractivity contribution in [3.8, 4) is 5.69 Å². The lowest BCUT2D eigenvalue weighted by atomic mass is 9.97. The molecule has 4 aromatic rings. The second-order valence-corrected chi connectivity index (χ2v) is 8.88. The van der Waals surface area contributed by atoms with Crippen LogP contribution in [0.1, 0.15) is 16.8 Å². The summed E-state index contributed by atoms with van der Waals surface area (Å²) in [6, 6.07) is 9.76. The predicted octanol–water partition coefficient (Wildman–Crippen LogP) is 1.77. The summed E-state index contributed by atoms with van der Waals surface area (Å²) >= 11 is 0. The molecule has 2 aliphatic heterocycles. The molecule has 0 atom stereocenters. The summed E-state index contributed by atoms with van der Waals surface area (Å²) in [5, 5.41) is 17.8. The highest BCUT2D eigenvalue weighted by atomic mass is 16.5. The van der Waals surface area contributed by atoms with E-state index in [9.17, 15) is 9.90 Å². The van der Waals surface area contributed by atoms with Crippen molar-refractivity contribution in [2.45, 2.75) is 25.1 Å². The molecule has 1 saturated heterocycles. The Labute approximate surface area is 200 Å². The SMILES string of the molecule is C=CCn1c(=O)c2cnc(Nc3ccc4c(c3)CCNC4)nc2n1-c1ccnc(C2(O)COC2)c1. The number of hydrogen-bond acceptors (Lipinski definition) is 8. The van der Waals surface area contributed by atoms with E-state index in [2.05, 4.69) is 39.3 Å². The van der Waals surface area contributed by atoms with Gasteiger partial charge in [-0.15, -0.1) is 6.58 Å². The molecule has 3 aromatic heterocycles. The summed E-state index contributed by atoms with van der Waals surface area (Å²) in [5.41, 5.74) is 3.70. The normalized spacial score (nSPS) is 16.5. The number of ether oxygens (including phenoxy) is 1. The van der Waals surface area contributed by atoms with Crippen molar-refractivity contribution in [1.29, 1.82) is 0 Å². The summed E-state index contributed by atoms with van der Waals surface area (Å²) in [5.74, 6) is 0.385. The first-order valence-electron chi connectivity index (χ1n) is 11.5. The van der Waals surface area contributed by atoms with Crippen LogP contribution in [0.2, 0.25) is 0 Å². The molecule has 0 unspecified atom stereocenters. The number of anilines is 2. The van der Waals surface area contributed by atoms with Crippen LogP contribution in [0.15, 0.2) is 60.2 Å². The van der Waals surface area contributed by atoms with Gasteiger partial charge in [0.05, 0.1) is 31.1 Å².